The van der Waals surface area contributed by atoms with E-state index in [4.69, 9.17) is 19.5 Å². The summed E-state index contributed by atoms with van der Waals surface area (Å²) >= 11 is 0. The van der Waals surface area contributed by atoms with Gasteiger partial charge in [-0.3, -0.25) is 0 Å². The Labute approximate surface area is 100 Å². The maximum absolute atomic E-state index is 9.60. The third kappa shape index (κ3) is 1.85. The maximum atomic E-state index is 9.60. The van der Waals surface area contributed by atoms with Crippen molar-refractivity contribution < 1.29 is 19.3 Å². The number of ether oxygens (including phenoxy) is 3. The first-order valence-electron chi connectivity index (χ1n) is 6.23. The van der Waals surface area contributed by atoms with Crippen LogP contribution in [0.3, 0.4) is 0 Å². The molecule has 3 heterocycles. The van der Waals surface area contributed by atoms with Crippen molar-refractivity contribution in [3.63, 3.8) is 0 Å². The fourth-order valence-corrected chi connectivity index (χ4v) is 3.15. The van der Waals surface area contributed by atoms with E-state index in [9.17, 15) is 5.11 Å². The molecule has 5 nitrogen and oxygen atoms in total. The second-order valence-corrected chi connectivity index (χ2v) is 5.15. The van der Waals surface area contributed by atoms with Gasteiger partial charge in [0, 0.05) is 12.8 Å². The van der Waals surface area contributed by atoms with Crippen LogP contribution in [0.5, 0.6) is 0 Å². The Morgan fingerprint density at radius 1 is 1.41 bits per heavy atom. The summed E-state index contributed by atoms with van der Waals surface area (Å²) in [7, 11) is 0. The molecular weight excluding hydrogens is 222 g/mol. The molecule has 5 atom stereocenters. The van der Waals surface area contributed by atoms with Gasteiger partial charge in [-0.2, -0.15) is 5.26 Å². The van der Waals surface area contributed by atoms with Crippen LogP contribution in [-0.4, -0.2) is 41.9 Å². The number of nitriles is 1. The van der Waals surface area contributed by atoms with Crippen LogP contribution in [0.15, 0.2) is 0 Å². The minimum Gasteiger partial charge on any atom is -0.366 e. The van der Waals surface area contributed by atoms with Gasteiger partial charge in [0.05, 0.1) is 24.9 Å². The van der Waals surface area contributed by atoms with Crippen molar-refractivity contribution in [2.45, 2.75) is 62.3 Å². The van der Waals surface area contributed by atoms with Crippen molar-refractivity contribution in [1.82, 2.24) is 0 Å². The number of rotatable bonds is 2. The molecule has 0 radical (unpaired) electrons. The number of nitrogens with zero attached hydrogens (tertiary/aromatic N) is 1. The third-order valence-corrected chi connectivity index (χ3v) is 4.02. The molecule has 0 aromatic rings. The Hall–Kier alpha value is -0.670. The minimum atomic E-state index is -0.813. The summed E-state index contributed by atoms with van der Waals surface area (Å²) in [4.78, 5) is 0. The molecule has 0 amide bonds. The molecule has 3 saturated heterocycles. The predicted octanol–water partition coefficient (Wildman–Crippen LogP) is 0.714. The van der Waals surface area contributed by atoms with Crippen molar-refractivity contribution in [3.8, 4) is 6.07 Å². The first-order valence-corrected chi connectivity index (χ1v) is 6.23. The third-order valence-electron chi connectivity index (χ3n) is 4.02. The van der Waals surface area contributed by atoms with Crippen LogP contribution in [0.4, 0.5) is 0 Å². The first kappa shape index (κ1) is 11.4. The highest BCUT2D eigenvalue weighted by Gasteiger charge is 2.58. The van der Waals surface area contributed by atoms with Gasteiger partial charge in [0.1, 0.15) is 11.7 Å². The van der Waals surface area contributed by atoms with E-state index in [1.807, 2.05) is 0 Å². The molecule has 3 unspecified atom stereocenters. The van der Waals surface area contributed by atoms with E-state index in [2.05, 4.69) is 6.07 Å². The first-order chi connectivity index (χ1) is 8.23. The second-order valence-electron chi connectivity index (χ2n) is 5.15. The zero-order valence-corrected chi connectivity index (χ0v) is 9.67. The molecule has 0 aliphatic carbocycles. The predicted molar refractivity (Wildman–Crippen MR) is 56.9 cm³/mol. The van der Waals surface area contributed by atoms with Gasteiger partial charge in [-0.05, 0) is 19.3 Å². The fourth-order valence-electron chi connectivity index (χ4n) is 3.15. The van der Waals surface area contributed by atoms with Crippen LogP contribution in [0, 0.1) is 11.3 Å². The lowest BCUT2D eigenvalue weighted by Crippen LogP contribution is -2.53. The smallest absolute Gasteiger partial charge is 0.181 e. The van der Waals surface area contributed by atoms with Crippen molar-refractivity contribution in [2.75, 3.05) is 6.61 Å². The SMILES string of the molecule is N#CCCC1CCC2O[C@@H]3CC2(CO[C@H]3O)O1. The molecule has 0 aromatic carbocycles. The second kappa shape index (κ2) is 4.21. The van der Waals surface area contributed by atoms with Gasteiger partial charge in [-0.15, -0.1) is 0 Å². The number of aliphatic hydroxyl groups is 1. The highest BCUT2D eigenvalue weighted by molar-refractivity contribution is 5.04. The maximum Gasteiger partial charge on any atom is 0.181 e. The fraction of sp³-hybridized carbons (Fsp3) is 0.917. The lowest BCUT2D eigenvalue weighted by atomic mass is 9.85. The monoisotopic (exact) mass is 239 g/mol. The summed E-state index contributed by atoms with van der Waals surface area (Å²) < 4.78 is 17.2. The molecule has 0 saturated carbocycles. The molecule has 94 valence electrons. The molecule has 3 fully saturated rings. The van der Waals surface area contributed by atoms with E-state index in [0.29, 0.717) is 19.4 Å². The van der Waals surface area contributed by atoms with E-state index < -0.39 is 6.29 Å². The average Bonchev–Trinajstić information content (AvgIpc) is 2.66. The molecule has 0 aromatic heterocycles. The largest absolute Gasteiger partial charge is 0.366 e. The molecule has 3 aliphatic rings. The highest BCUT2D eigenvalue weighted by atomic mass is 16.7. The summed E-state index contributed by atoms with van der Waals surface area (Å²) in [6, 6.07) is 2.15. The van der Waals surface area contributed by atoms with Crippen LogP contribution in [-0.2, 0) is 14.2 Å². The number of hydrogen-bond donors (Lipinski definition) is 1. The number of hydrogen-bond acceptors (Lipinski definition) is 5. The van der Waals surface area contributed by atoms with Crippen molar-refractivity contribution >= 4 is 0 Å². The lowest BCUT2D eigenvalue weighted by molar-refractivity contribution is -0.222. The Morgan fingerprint density at radius 2 is 2.29 bits per heavy atom. The molecular formula is C12H17NO4. The molecule has 17 heavy (non-hydrogen) atoms. The van der Waals surface area contributed by atoms with Gasteiger partial charge in [0.25, 0.3) is 0 Å². The zero-order chi connectivity index (χ0) is 11.9. The summed E-state index contributed by atoms with van der Waals surface area (Å²) in [5, 5.41) is 18.2. The molecule has 1 spiro atoms. The van der Waals surface area contributed by atoms with Crippen molar-refractivity contribution in [2.24, 2.45) is 0 Å². The van der Waals surface area contributed by atoms with Gasteiger partial charge >= 0.3 is 0 Å². The average molecular weight is 239 g/mol. The number of aliphatic hydroxyl groups excluding tert-OH is 1. The molecule has 1 N–H and O–H groups in total. The van der Waals surface area contributed by atoms with Crippen LogP contribution < -0.4 is 0 Å². The minimum absolute atomic E-state index is 0.0444. The molecule has 3 aliphatic heterocycles. The lowest BCUT2D eigenvalue weighted by Gasteiger charge is -2.42. The topological polar surface area (TPSA) is 71.7 Å². The standard InChI is InChI=1S/C12H17NO4/c13-5-1-2-8-3-4-10-12(17-8)6-9(16-10)11(14)15-7-12/h8-11,14H,1-4,6-7H2/t8?,9-,10?,11-,12?/m1/s1. The highest BCUT2D eigenvalue weighted by Crippen LogP contribution is 2.46. The van der Waals surface area contributed by atoms with Gasteiger partial charge in [0.15, 0.2) is 6.29 Å². The van der Waals surface area contributed by atoms with Crippen LogP contribution in [0.1, 0.15) is 32.1 Å². The van der Waals surface area contributed by atoms with E-state index in [1.165, 1.54) is 0 Å². The molecule has 5 heteroatoms. The van der Waals surface area contributed by atoms with Gasteiger partial charge in [-0.1, -0.05) is 0 Å². The normalized spacial score (nSPS) is 48.5. The summed E-state index contributed by atoms with van der Waals surface area (Å²) in [6.07, 6.45) is 2.99. The van der Waals surface area contributed by atoms with Crippen molar-refractivity contribution in [3.05, 3.63) is 0 Å². The van der Waals surface area contributed by atoms with E-state index in [0.717, 1.165) is 19.3 Å². The quantitative estimate of drug-likeness (QED) is 0.768. The van der Waals surface area contributed by atoms with E-state index in [1.54, 1.807) is 0 Å². The van der Waals surface area contributed by atoms with Crippen molar-refractivity contribution in [1.29, 1.82) is 5.26 Å². The Kier molecular flexibility index (Phi) is 2.83. The number of fused-ring (bicyclic) bond motifs is 1. The molecule has 2 bridgehead atoms. The summed E-state index contributed by atoms with van der Waals surface area (Å²) in [5.74, 6) is 0. The summed E-state index contributed by atoms with van der Waals surface area (Å²) in [6.45, 7) is 0.401. The van der Waals surface area contributed by atoms with E-state index in [-0.39, 0.29) is 23.9 Å². The Balaban J connectivity index is 1.70. The van der Waals surface area contributed by atoms with Crippen LogP contribution in [0.2, 0.25) is 0 Å². The summed E-state index contributed by atoms with van der Waals surface area (Å²) in [5.41, 5.74) is -0.373. The van der Waals surface area contributed by atoms with Gasteiger partial charge in [0.2, 0.25) is 0 Å². The zero-order valence-electron chi connectivity index (χ0n) is 9.67. The van der Waals surface area contributed by atoms with Crippen LogP contribution >= 0.6 is 0 Å². The van der Waals surface area contributed by atoms with Gasteiger partial charge < -0.3 is 19.3 Å². The Bertz CT molecular complexity index is 342. The Morgan fingerprint density at radius 3 is 3.12 bits per heavy atom. The van der Waals surface area contributed by atoms with Gasteiger partial charge in [-0.25, -0.2) is 0 Å². The molecule has 3 rings (SSSR count). The van der Waals surface area contributed by atoms with Crippen LogP contribution in [0.25, 0.3) is 0 Å². The van der Waals surface area contributed by atoms with E-state index >= 15 is 0 Å².